The summed E-state index contributed by atoms with van der Waals surface area (Å²) in [7, 11) is 0. The maximum Gasteiger partial charge on any atom is 0.244 e. The highest BCUT2D eigenvalue weighted by Crippen LogP contribution is 2.21. The molecule has 2 rings (SSSR count). The molecule has 4 heteroatoms. The van der Waals surface area contributed by atoms with Crippen LogP contribution in [0.3, 0.4) is 0 Å². The average molecular weight is 243 g/mol. The number of anilines is 1. The summed E-state index contributed by atoms with van der Waals surface area (Å²) < 4.78 is 0. The predicted octanol–water partition coefficient (Wildman–Crippen LogP) is 2.30. The predicted molar refractivity (Wildman–Crippen MR) is 73.3 cm³/mol. The van der Waals surface area contributed by atoms with Crippen molar-refractivity contribution in [2.75, 3.05) is 5.32 Å². The number of nitrogens with one attached hydrogen (secondary N) is 1. The average Bonchev–Trinajstić information content (AvgIpc) is 2.39. The van der Waals surface area contributed by atoms with E-state index in [0.29, 0.717) is 12.1 Å². The number of fused-ring (bicyclic) bond motifs is 1. The minimum atomic E-state index is -0.864. The van der Waals surface area contributed by atoms with Gasteiger partial charge in [0.15, 0.2) is 0 Å². The van der Waals surface area contributed by atoms with Gasteiger partial charge < -0.3 is 11.1 Å². The Balaban J connectivity index is 2.36. The Morgan fingerprint density at radius 2 is 2.11 bits per heavy atom. The summed E-state index contributed by atoms with van der Waals surface area (Å²) in [6.07, 6.45) is 2.29. The van der Waals surface area contributed by atoms with Gasteiger partial charge in [-0.1, -0.05) is 25.1 Å². The molecule has 0 saturated carbocycles. The molecule has 94 valence electrons. The summed E-state index contributed by atoms with van der Waals surface area (Å²) in [5.74, 6) is -0.192. The summed E-state index contributed by atoms with van der Waals surface area (Å²) in [6, 6.07) is 9.50. The van der Waals surface area contributed by atoms with Gasteiger partial charge >= 0.3 is 0 Å². The zero-order valence-electron chi connectivity index (χ0n) is 10.6. The van der Waals surface area contributed by atoms with Crippen molar-refractivity contribution in [1.29, 1.82) is 0 Å². The molecule has 18 heavy (non-hydrogen) atoms. The van der Waals surface area contributed by atoms with Crippen LogP contribution in [0.25, 0.3) is 10.9 Å². The molecule has 0 aliphatic carbocycles. The van der Waals surface area contributed by atoms with E-state index in [4.69, 9.17) is 5.73 Å². The molecule has 2 aromatic rings. The smallest absolute Gasteiger partial charge is 0.244 e. The van der Waals surface area contributed by atoms with Crippen LogP contribution < -0.4 is 11.1 Å². The topological polar surface area (TPSA) is 68.0 Å². The summed E-state index contributed by atoms with van der Waals surface area (Å²) in [4.78, 5) is 16.3. The van der Waals surface area contributed by atoms with Gasteiger partial charge in [0.2, 0.25) is 5.91 Å². The monoisotopic (exact) mass is 243 g/mol. The Labute approximate surface area is 106 Å². The molecule has 1 unspecified atom stereocenters. The van der Waals surface area contributed by atoms with Crippen LogP contribution in [0.4, 0.5) is 5.69 Å². The molecule has 0 aliphatic heterocycles. The number of hydrogen-bond acceptors (Lipinski definition) is 3. The van der Waals surface area contributed by atoms with Gasteiger partial charge in [-0.25, -0.2) is 0 Å². The second kappa shape index (κ2) is 4.74. The zero-order chi connectivity index (χ0) is 13.2. The Kier molecular flexibility index (Phi) is 3.30. The van der Waals surface area contributed by atoms with Crippen LogP contribution in [0.1, 0.15) is 20.3 Å². The molecule has 0 saturated heterocycles. The highest BCUT2D eigenvalue weighted by atomic mass is 16.2. The van der Waals surface area contributed by atoms with E-state index in [1.54, 1.807) is 13.1 Å². The van der Waals surface area contributed by atoms with E-state index in [9.17, 15) is 4.79 Å². The third-order valence-electron chi connectivity index (χ3n) is 3.13. The molecular weight excluding hydrogens is 226 g/mol. The highest BCUT2D eigenvalue weighted by Gasteiger charge is 2.26. The minimum absolute atomic E-state index is 0.192. The molecule has 4 nitrogen and oxygen atoms in total. The Morgan fingerprint density at radius 1 is 1.39 bits per heavy atom. The number of carbonyl (C=O) groups excluding carboxylic acids is 1. The first kappa shape index (κ1) is 12.5. The van der Waals surface area contributed by atoms with Crippen LogP contribution in [-0.2, 0) is 4.79 Å². The third-order valence-corrected chi connectivity index (χ3v) is 3.13. The maximum absolute atomic E-state index is 12.0. The summed E-state index contributed by atoms with van der Waals surface area (Å²) >= 11 is 0. The fourth-order valence-corrected chi connectivity index (χ4v) is 1.63. The lowest BCUT2D eigenvalue weighted by molar-refractivity contribution is -0.120. The van der Waals surface area contributed by atoms with E-state index in [-0.39, 0.29) is 5.91 Å². The molecule has 1 aromatic heterocycles. The van der Waals surface area contributed by atoms with Crippen molar-refractivity contribution in [3.63, 3.8) is 0 Å². The van der Waals surface area contributed by atoms with Crippen LogP contribution in [0, 0.1) is 0 Å². The Morgan fingerprint density at radius 3 is 2.83 bits per heavy atom. The maximum atomic E-state index is 12.0. The standard InChI is InChI=1S/C14H17N3O/c1-3-14(2,15)13(18)17-11-8-4-6-10-7-5-9-16-12(10)11/h4-9H,3,15H2,1-2H3,(H,17,18). The van der Waals surface area contributed by atoms with Gasteiger partial charge in [-0.05, 0) is 25.5 Å². The van der Waals surface area contributed by atoms with Gasteiger partial charge in [0.05, 0.1) is 16.7 Å². The van der Waals surface area contributed by atoms with Crippen LogP contribution in [0.15, 0.2) is 36.5 Å². The SMILES string of the molecule is CCC(C)(N)C(=O)Nc1cccc2cccnc12. The van der Waals surface area contributed by atoms with Gasteiger partial charge in [-0.15, -0.1) is 0 Å². The first-order valence-electron chi connectivity index (χ1n) is 5.98. The van der Waals surface area contributed by atoms with E-state index in [0.717, 1.165) is 10.9 Å². The fraction of sp³-hybridized carbons (Fsp3) is 0.286. The van der Waals surface area contributed by atoms with Crippen molar-refractivity contribution in [2.24, 2.45) is 5.73 Å². The fourth-order valence-electron chi connectivity index (χ4n) is 1.63. The molecule has 0 spiro atoms. The molecule has 1 atom stereocenters. The normalized spacial score (nSPS) is 14.2. The van der Waals surface area contributed by atoms with Gasteiger partial charge in [-0.2, -0.15) is 0 Å². The van der Waals surface area contributed by atoms with E-state index in [1.165, 1.54) is 0 Å². The number of nitrogens with zero attached hydrogens (tertiary/aromatic N) is 1. The van der Waals surface area contributed by atoms with Crippen molar-refractivity contribution in [3.8, 4) is 0 Å². The van der Waals surface area contributed by atoms with E-state index < -0.39 is 5.54 Å². The van der Waals surface area contributed by atoms with Gasteiger partial charge in [0.25, 0.3) is 0 Å². The number of aromatic nitrogens is 1. The molecule has 0 bridgehead atoms. The number of benzene rings is 1. The molecule has 1 heterocycles. The lowest BCUT2D eigenvalue weighted by atomic mass is 9.99. The molecule has 0 aliphatic rings. The number of rotatable bonds is 3. The van der Waals surface area contributed by atoms with Crippen molar-refractivity contribution >= 4 is 22.5 Å². The number of hydrogen-bond donors (Lipinski definition) is 2. The molecule has 1 amide bonds. The second-order valence-corrected chi connectivity index (χ2v) is 4.61. The largest absolute Gasteiger partial charge is 0.323 e. The van der Waals surface area contributed by atoms with Gasteiger partial charge in [0, 0.05) is 11.6 Å². The van der Waals surface area contributed by atoms with E-state index in [1.807, 2.05) is 37.3 Å². The van der Waals surface area contributed by atoms with Crippen LogP contribution >= 0.6 is 0 Å². The minimum Gasteiger partial charge on any atom is -0.323 e. The summed E-state index contributed by atoms with van der Waals surface area (Å²) in [5, 5.41) is 3.84. The van der Waals surface area contributed by atoms with Crippen molar-refractivity contribution < 1.29 is 4.79 Å². The zero-order valence-corrected chi connectivity index (χ0v) is 10.6. The molecule has 0 radical (unpaired) electrons. The lowest BCUT2D eigenvalue weighted by Crippen LogP contribution is -2.47. The van der Waals surface area contributed by atoms with Crippen LogP contribution in [0.5, 0.6) is 0 Å². The molecule has 0 fully saturated rings. The van der Waals surface area contributed by atoms with Crippen LogP contribution in [0.2, 0.25) is 0 Å². The third kappa shape index (κ3) is 2.33. The number of nitrogens with two attached hydrogens (primary N) is 1. The van der Waals surface area contributed by atoms with Crippen LogP contribution in [-0.4, -0.2) is 16.4 Å². The van der Waals surface area contributed by atoms with Crippen molar-refractivity contribution in [1.82, 2.24) is 4.98 Å². The van der Waals surface area contributed by atoms with Gasteiger partial charge in [-0.3, -0.25) is 9.78 Å². The quantitative estimate of drug-likeness (QED) is 0.869. The summed E-state index contributed by atoms with van der Waals surface area (Å²) in [5.41, 5.74) is 6.53. The highest BCUT2D eigenvalue weighted by molar-refractivity contribution is 6.03. The molecule has 3 N–H and O–H groups in total. The first-order valence-corrected chi connectivity index (χ1v) is 5.98. The lowest BCUT2D eigenvalue weighted by Gasteiger charge is -2.21. The summed E-state index contributed by atoms with van der Waals surface area (Å²) in [6.45, 7) is 3.61. The number of pyridine rings is 1. The van der Waals surface area contributed by atoms with Crippen molar-refractivity contribution in [3.05, 3.63) is 36.5 Å². The number of amides is 1. The number of carbonyl (C=O) groups is 1. The van der Waals surface area contributed by atoms with Gasteiger partial charge in [0.1, 0.15) is 0 Å². The Bertz CT molecular complexity index is 573. The van der Waals surface area contributed by atoms with E-state index in [2.05, 4.69) is 10.3 Å². The van der Waals surface area contributed by atoms with Crippen molar-refractivity contribution in [2.45, 2.75) is 25.8 Å². The second-order valence-electron chi connectivity index (χ2n) is 4.61. The molecule has 1 aromatic carbocycles. The molecular formula is C14H17N3O. The Hall–Kier alpha value is -1.94. The number of para-hydroxylation sites is 1. The first-order chi connectivity index (χ1) is 8.54. The van der Waals surface area contributed by atoms with E-state index >= 15 is 0 Å².